The highest BCUT2D eigenvalue weighted by molar-refractivity contribution is 4.95. The molecule has 4 saturated heterocycles. The van der Waals surface area contributed by atoms with E-state index in [1.54, 1.807) is 0 Å². The number of hydrogen-bond donors (Lipinski definition) is 16. The van der Waals surface area contributed by atoms with Crippen LogP contribution < -0.4 is 0 Å². The van der Waals surface area contributed by atoms with Crippen LogP contribution in [0.25, 0.3) is 0 Å². The second kappa shape index (κ2) is 19.6. The van der Waals surface area contributed by atoms with Gasteiger partial charge in [0.05, 0.1) is 26.4 Å². The standard InChI is InChI=1S/2C12H22O11.2H2O/c2*13-1-3-5(15)6(16)9(19)12(22-3)23-10-4(2-14)21-11(20)8(18)7(10)17;;/h2*3-20H,1-2H2;2*1H2/t2*3-,4-,5+,6+,7-,8-,9-,10-,11?,12+;;/m11../s1. The van der Waals surface area contributed by atoms with Crippen LogP contribution in [0.5, 0.6) is 0 Å². The molecule has 2 unspecified atom stereocenters. The first kappa shape index (κ1) is 45.1. The van der Waals surface area contributed by atoms with Crippen molar-refractivity contribution in [2.24, 2.45) is 0 Å². The third-order valence-electron chi connectivity index (χ3n) is 7.96. The minimum atomic E-state index is -1.74. The van der Waals surface area contributed by atoms with Crippen molar-refractivity contribution in [2.45, 2.75) is 123 Å². The summed E-state index contributed by atoms with van der Waals surface area (Å²) in [6.07, 6.45) is -31.1. The molecule has 0 aromatic carbocycles. The fourth-order valence-corrected chi connectivity index (χ4v) is 5.14. The lowest BCUT2D eigenvalue weighted by Gasteiger charge is -2.45. The van der Waals surface area contributed by atoms with E-state index in [0.717, 1.165) is 0 Å². The van der Waals surface area contributed by atoms with E-state index in [4.69, 9.17) is 38.6 Å². The molecule has 0 amide bonds. The van der Waals surface area contributed by atoms with Crippen molar-refractivity contribution >= 4 is 0 Å². The summed E-state index contributed by atoms with van der Waals surface area (Å²) in [6.45, 7) is -2.69. The van der Waals surface area contributed by atoms with Crippen molar-refractivity contribution < 1.29 is 121 Å². The van der Waals surface area contributed by atoms with Crippen LogP contribution >= 0.6 is 0 Å². The molecule has 0 aromatic heterocycles. The van der Waals surface area contributed by atoms with Gasteiger partial charge in [0.15, 0.2) is 25.2 Å². The van der Waals surface area contributed by atoms with Crippen molar-refractivity contribution in [1.82, 2.24) is 0 Å². The Labute approximate surface area is 270 Å². The van der Waals surface area contributed by atoms with Gasteiger partial charge in [-0.3, -0.25) is 0 Å². The Kier molecular flexibility index (Phi) is 18.4. The van der Waals surface area contributed by atoms with Crippen LogP contribution in [0, 0.1) is 0 Å². The number of aliphatic hydroxyl groups excluding tert-OH is 16. The zero-order valence-corrected chi connectivity index (χ0v) is 25.0. The normalized spacial score (nSPS) is 49.5. The van der Waals surface area contributed by atoms with E-state index >= 15 is 0 Å². The maximum Gasteiger partial charge on any atom is 0.187 e. The minimum Gasteiger partial charge on any atom is -0.412 e. The highest BCUT2D eigenvalue weighted by Crippen LogP contribution is 2.30. The van der Waals surface area contributed by atoms with Crippen LogP contribution in [-0.4, -0.2) is 242 Å². The van der Waals surface area contributed by atoms with E-state index in [1.165, 1.54) is 0 Å². The summed E-state index contributed by atoms with van der Waals surface area (Å²) < 4.78 is 30.5. The molecule has 4 aliphatic rings. The second-order valence-corrected chi connectivity index (χ2v) is 11.1. The molecular weight excluding hydrogens is 672 g/mol. The summed E-state index contributed by atoms with van der Waals surface area (Å²) in [4.78, 5) is 0. The maximum absolute atomic E-state index is 9.94. The maximum atomic E-state index is 9.94. The summed E-state index contributed by atoms with van der Waals surface area (Å²) in [5.41, 5.74) is 0. The molecule has 0 aliphatic carbocycles. The molecule has 4 fully saturated rings. The van der Waals surface area contributed by atoms with Crippen LogP contribution in [0.2, 0.25) is 0 Å². The van der Waals surface area contributed by atoms with Gasteiger partial charge < -0.3 is 121 Å². The topological polar surface area (TPSA) is 442 Å². The SMILES string of the molecule is O.O.OC[C@H]1O[C@@H](O[C@H]2[C@H](O)[C@@H](O)C(O)O[C@@H]2CO)[C@H](O)[C@@H](O)[C@H]1O.OC[C@H]1O[C@@H](O[C@H]2[C@H](O)[C@@H](O)C(O)O[C@@H]2CO)[C@H](O)[C@@H](O)[C@H]1O. The highest BCUT2D eigenvalue weighted by Gasteiger charge is 2.51. The first-order chi connectivity index (χ1) is 21.6. The number of hydrogen-bond acceptors (Lipinski definition) is 22. The van der Waals surface area contributed by atoms with Gasteiger partial charge in [-0.05, 0) is 0 Å². The second-order valence-electron chi connectivity index (χ2n) is 11.1. The molecule has 20 N–H and O–H groups in total. The molecule has 0 spiro atoms. The minimum absolute atomic E-state index is 0. The summed E-state index contributed by atoms with van der Waals surface area (Å²) in [5, 5.41) is 153. The number of rotatable bonds is 8. The molecule has 24 heteroatoms. The van der Waals surface area contributed by atoms with E-state index in [-0.39, 0.29) is 11.0 Å². The van der Waals surface area contributed by atoms with E-state index in [9.17, 15) is 71.5 Å². The lowest BCUT2D eigenvalue weighted by atomic mass is 9.97. The highest BCUT2D eigenvalue weighted by atomic mass is 16.7. The lowest BCUT2D eigenvalue weighted by molar-refractivity contribution is -0.355. The molecule has 24 nitrogen and oxygen atoms in total. The summed E-state index contributed by atoms with van der Waals surface area (Å²) >= 11 is 0. The van der Waals surface area contributed by atoms with Crippen LogP contribution in [-0.2, 0) is 28.4 Å². The first-order valence-corrected chi connectivity index (χ1v) is 14.2. The van der Waals surface area contributed by atoms with E-state index < -0.39 is 149 Å². The van der Waals surface area contributed by atoms with Gasteiger partial charge in [0.2, 0.25) is 0 Å². The summed E-state index contributed by atoms with van der Waals surface area (Å²) in [6, 6.07) is 0. The Morgan fingerprint density at radius 1 is 0.333 bits per heavy atom. The third-order valence-corrected chi connectivity index (χ3v) is 7.96. The summed E-state index contributed by atoms with van der Waals surface area (Å²) in [5.74, 6) is 0. The molecule has 0 aromatic rings. The fourth-order valence-electron chi connectivity index (χ4n) is 5.14. The van der Waals surface area contributed by atoms with Gasteiger partial charge in [0, 0.05) is 0 Å². The van der Waals surface area contributed by atoms with Gasteiger partial charge in [0.25, 0.3) is 0 Å². The first-order valence-electron chi connectivity index (χ1n) is 14.2. The Balaban J connectivity index is 0.000000461. The lowest BCUT2D eigenvalue weighted by Crippen LogP contribution is -2.64. The van der Waals surface area contributed by atoms with Crippen molar-refractivity contribution in [1.29, 1.82) is 0 Å². The predicted octanol–water partition coefficient (Wildman–Crippen LogP) is -12.4. The Hall–Kier alpha value is -0.960. The van der Waals surface area contributed by atoms with E-state index in [1.807, 2.05) is 0 Å². The average molecular weight is 721 g/mol. The fraction of sp³-hybridized carbons (Fsp3) is 1.00. The van der Waals surface area contributed by atoms with Gasteiger partial charge >= 0.3 is 0 Å². The molecule has 0 bridgehead atoms. The van der Waals surface area contributed by atoms with E-state index in [2.05, 4.69) is 0 Å². The Morgan fingerprint density at radius 2 is 0.625 bits per heavy atom. The smallest absolute Gasteiger partial charge is 0.187 e. The molecule has 0 radical (unpaired) electrons. The van der Waals surface area contributed by atoms with Crippen molar-refractivity contribution in [3.8, 4) is 0 Å². The third kappa shape index (κ3) is 9.67. The van der Waals surface area contributed by atoms with Crippen molar-refractivity contribution in [3.63, 3.8) is 0 Å². The molecule has 4 heterocycles. The molecule has 48 heavy (non-hydrogen) atoms. The zero-order chi connectivity index (χ0) is 34.6. The number of aliphatic hydroxyl groups is 16. The quantitative estimate of drug-likeness (QED) is 0.111. The molecule has 4 rings (SSSR count). The molecule has 288 valence electrons. The monoisotopic (exact) mass is 720 g/mol. The Morgan fingerprint density at radius 3 is 0.896 bits per heavy atom. The zero-order valence-electron chi connectivity index (χ0n) is 25.0. The van der Waals surface area contributed by atoms with Crippen LogP contribution in [0.3, 0.4) is 0 Å². The van der Waals surface area contributed by atoms with Gasteiger partial charge in [-0.1, -0.05) is 0 Å². The van der Waals surface area contributed by atoms with Crippen LogP contribution in [0.15, 0.2) is 0 Å². The van der Waals surface area contributed by atoms with Gasteiger partial charge in [-0.2, -0.15) is 0 Å². The predicted molar refractivity (Wildman–Crippen MR) is 144 cm³/mol. The Bertz CT molecular complexity index is 828. The largest absolute Gasteiger partial charge is 0.412 e. The van der Waals surface area contributed by atoms with Crippen LogP contribution in [0.4, 0.5) is 0 Å². The average Bonchev–Trinajstić information content (AvgIpc) is 3.05. The van der Waals surface area contributed by atoms with Gasteiger partial charge in [-0.15, -0.1) is 0 Å². The molecular formula is C24H48O24. The molecule has 20 atom stereocenters. The molecule has 4 aliphatic heterocycles. The number of ether oxygens (including phenoxy) is 6. The van der Waals surface area contributed by atoms with E-state index in [0.29, 0.717) is 0 Å². The van der Waals surface area contributed by atoms with Crippen molar-refractivity contribution in [2.75, 3.05) is 26.4 Å². The van der Waals surface area contributed by atoms with Crippen molar-refractivity contribution in [3.05, 3.63) is 0 Å². The van der Waals surface area contributed by atoms with Crippen LogP contribution in [0.1, 0.15) is 0 Å². The van der Waals surface area contributed by atoms with Gasteiger partial charge in [-0.25, -0.2) is 0 Å². The molecule has 0 saturated carbocycles. The summed E-state index contributed by atoms with van der Waals surface area (Å²) in [7, 11) is 0. The van der Waals surface area contributed by atoms with Gasteiger partial charge in [0.1, 0.15) is 97.7 Å².